The van der Waals surface area contributed by atoms with Crippen LogP contribution in [0.1, 0.15) is 23.2 Å². The van der Waals surface area contributed by atoms with Crippen molar-refractivity contribution in [3.05, 3.63) is 17.7 Å². The number of hydrogen-bond acceptors (Lipinski definition) is 2. The van der Waals surface area contributed by atoms with Crippen LogP contribution >= 0.6 is 0 Å². The molecular weight excluding hydrogens is 154 g/mol. The van der Waals surface area contributed by atoms with E-state index in [1.807, 2.05) is 0 Å². The van der Waals surface area contributed by atoms with E-state index in [1.165, 1.54) is 0 Å². The fourth-order valence-electron chi connectivity index (χ4n) is 0.620. The first-order chi connectivity index (χ1) is 5.04. The van der Waals surface area contributed by atoms with Gasteiger partial charge in [-0.15, -0.1) is 0 Å². The second kappa shape index (κ2) is 2.41. The number of carbonyl (C=O) groups excluding carboxylic acids is 1. The van der Waals surface area contributed by atoms with Crippen molar-refractivity contribution in [3.63, 3.8) is 0 Å². The van der Waals surface area contributed by atoms with Gasteiger partial charge in [0.25, 0.3) is 5.92 Å². The molecule has 0 aliphatic heterocycles. The Hall–Kier alpha value is -1.26. The zero-order valence-electron chi connectivity index (χ0n) is 5.77. The quantitative estimate of drug-likeness (QED) is 0.663. The van der Waals surface area contributed by atoms with Crippen LogP contribution in [0.5, 0.6) is 0 Å². The lowest BCUT2D eigenvalue weighted by molar-refractivity contribution is 0.0131. The summed E-state index contributed by atoms with van der Waals surface area (Å²) in [6, 6.07) is 0. The molecule has 0 fully saturated rings. The Morgan fingerprint density at radius 1 is 1.73 bits per heavy atom. The van der Waals surface area contributed by atoms with Gasteiger partial charge in [-0.1, -0.05) is 0 Å². The second-order valence-electron chi connectivity index (χ2n) is 2.19. The van der Waals surface area contributed by atoms with Crippen LogP contribution in [0.15, 0.2) is 6.20 Å². The molecule has 3 nitrogen and oxygen atoms in total. The van der Waals surface area contributed by atoms with Crippen molar-refractivity contribution < 1.29 is 13.6 Å². The maximum atomic E-state index is 12.4. The van der Waals surface area contributed by atoms with E-state index in [0.717, 1.165) is 13.1 Å². The topological polar surface area (TPSA) is 45.8 Å². The fraction of sp³-hybridized carbons (Fsp3) is 0.333. The molecule has 11 heavy (non-hydrogen) atoms. The number of hydrogen-bond donors (Lipinski definition) is 1. The summed E-state index contributed by atoms with van der Waals surface area (Å²) in [7, 11) is 0. The summed E-state index contributed by atoms with van der Waals surface area (Å²) in [6.45, 7) is 0.731. The summed E-state index contributed by atoms with van der Waals surface area (Å²) >= 11 is 0. The van der Waals surface area contributed by atoms with Gasteiger partial charge in [0, 0.05) is 6.92 Å². The highest BCUT2D eigenvalue weighted by Crippen LogP contribution is 2.24. The Kier molecular flexibility index (Phi) is 1.72. The molecule has 1 rings (SSSR count). The van der Waals surface area contributed by atoms with Gasteiger partial charge in [-0.25, -0.2) is 4.98 Å². The number of nitrogens with zero attached hydrogens (tertiary/aromatic N) is 1. The van der Waals surface area contributed by atoms with Gasteiger partial charge in [0.1, 0.15) is 5.69 Å². The van der Waals surface area contributed by atoms with E-state index in [4.69, 9.17) is 0 Å². The van der Waals surface area contributed by atoms with Crippen molar-refractivity contribution in [1.82, 2.24) is 9.97 Å². The van der Waals surface area contributed by atoms with Gasteiger partial charge in [0.15, 0.2) is 12.1 Å². The number of aldehydes is 1. The monoisotopic (exact) mass is 160 g/mol. The molecule has 0 aromatic carbocycles. The second-order valence-corrected chi connectivity index (χ2v) is 2.19. The third-order valence-corrected chi connectivity index (χ3v) is 1.18. The zero-order valence-corrected chi connectivity index (χ0v) is 5.77. The van der Waals surface area contributed by atoms with Gasteiger partial charge >= 0.3 is 0 Å². The number of carbonyl (C=O) groups is 1. The molecular formula is C6H6F2N2O. The Labute approximate surface area is 61.4 Å². The lowest BCUT2D eigenvalue weighted by Gasteiger charge is -2.04. The molecule has 0 saturated heterocycles. The molecule has 0 aliphatic carbocycles. The fourth-order valence-corrected chi connectivity index (χ4v) is 0.620. The average molecular weight is 160 g/mol. The molecule has 0 saturated carbocycles. The minimum absolute atomic E-state index is 0.0819. The van der Waals surface area contributed by atoms with E-state index in [-0.39, 0.29) is 11.5 Å². The van der Waals surface area contributed by atoms with Gasteiger partial charge in [-0.05, 0) is 0 Å². The summed E-state index contributed by atoms with van der Waals surface area (Å²) < 4.78 is 24.8. The SMILES string of the molecule is CC(F)(F)c1cnc(C=O)[nH]1. The van der Waals surface area contributed by atoms with Gasteiger partial charge < -0.3 is 4.98 Å². The summed E-state index contributed by atoms with van der Waals surface area (Å²) in [5.41, 5.74) is -0.348. The molecule has 0 radical (unpaired) electrons. The van der Waals surface area contributed by atoms with Crippen LogP contribution < -0.4 is 0 Å². The number of rotatable bonds is 2. The number of halogens is 2. The van der Waals surface area contributed by atoms with Gasteiger partial charge in [-0.3, -0.25) is 4.79 Å². The van der Waals surface area contributed by atoms with E-state index >= 15 is 0 Å². The highest BCUT2D eigenvalue weighted by molar-refractivity contribution is 5.68. The Morgan fingerprint density at radius 2 is 2.36 bits per heavy atom. The summed E-state index contributed by atoms with van der Waals surface area (Å²) in [5, 5.41) is 0. The maximum Gasteiger partial charge on any atom is 0.286 e. The van der Waals surface area contributed by atoms with Crippen LogP contribution in [-0.2, 0) is 5.92 Å². The largest absolute Gasteiger partial charge is 0.335 e. The first-order valence-corrected chi connectivity index (χ1v) is 2.92. The molecule has 1 aromatic heterocycles. The van der Waals surface area contributed by atoms with Crippen LogP contribution in [0.25, 0.3) is 0 Å². The van der Waals surface area contributed by atoms with Gasteiger partial charge in [-0.2, -0.15) is 8.78 Å². The Bertz CT molecular complexity index is 264. The van der Waals surface area contributed by atoms with Crippen LogP contribution in [0.4, 0.5) is 8.78 Å². The minimum Gasteiger partial charge on any atom is -0.335 e. The molecule has 0 aliphatic rings. The number of aromatic amines is 1. The minimum atomic E-state index is -2.96. The lowest BCUT2D eigenvalue weighted by atomic mass is 10.3. The molecule has 1 aromatic rings. The predicted molar refractivity (Wildman–Crippen MR) is 33.5 cm³/mol. The van der Waals surface area contributed by atoms with E-state index < -0.39 is 5.92 Å². The number of aromatic nitrogens is 2. The summed E-state index contributed by atoms with van der Waals surface area (Å²) in [4.78, 5) is 15.6. The standard InChI is InChI=1S/C6H6F2N2O/c1-6(7,8)4-2-9-5(3-11)10-4/h2-3H,1H3,(H,9,10). The molecule has 0 spiro atoms. The van der Waals surface area contributed by atoms with Crippen molar-refractivity contribution in [2.24, 2.45) is 0 Å². The summed E-state index contributed by atoms with van der Waals surface area (Å²) in [5.74, 6) is -3.05. The number of alkyl halides is 2. The average Bonchev–Trinajstić information content (AvgIpc) is 2.32. The molecule has 0 amide bonds. The van der Waals surface area contributed by atoms with E-state index in [2.05, 4.69) is 9.97 Å². The highest BCUT2D eigenvalue weighted by Gasteiger charge is 2.26. The molecule has 1 N–H and O–H groups in total. The third-order valence-electron chi connectivity index (χ3n) is 1.18. The smallest absolute Gasteiger partial charge is 0.286 e. The van der Waals surface area contributed by atoms with E-state index in [0.29, 0.717) is 6.29 Å². The predicted octanol–water partition coefficient (Wildman–Crippen LogP) is 1.33. The van der Waals surface area contributed by atoms with Crippen molar-refractivity contribution >= 4 is 6.29 Å². The van der Waals surface area contributed by atoms with Crippen LogP contribution in [0.2, 0.25) is 0 Å². The highest BCUT2D eigenvalue weighted by atomic mass is 19.3. The van der Waals surface area contributed by atoms with Crippen molar-refractivity contribution in [2.45, 2.75) is 12.8 Å². The zero-order chi connectivity index (χ0) is 8.48. The Balaban J connectivity index is 2.98. The van der Waals surface area contributed by atoms with Gasteiger partial charge in [0.2, 0.25) is 0 Å². The number of nitrogens with one attached hydrogen (secondary N) is 1. The lowest BCUT2D eigenvalue weighted by Crippen LogP contribution is -2.07. The number of H-pyrrole nitrogens is 1. The first-order valence-electron chi connectivity index (χ1n) is 2.92. The Morgan fingerprint density at radius 3 is 2.64 bits per heavy atom. The van der Waals surface area contributed by atoms with Crippen molar-refractivity contribution in [3.8, 4) is 0 Å². The molecule has 5 heteroatoms. The molecule has 1 heterocycles. The van der Waals surface area contributed by atoms with Gasteiger partial charge in [0.05, 0.1) is 6.20 Å². The van der Waals surface area contributed by atoms with Crippen LogP contribution in [-0.4, -0.2) is 16.3 Å². The first kappa shape index (κ1) is 7.84. The third kappa shape index (κ3) is 1.60. The van der Waals surface area contributed by atoms with E-state index in [1.54, 1.807) is 0 Å². The van der Waals surface area contributed by atoms with Crippen LogP contribution in [0.3, 0.4) is 0 Å². The molecule has 0 bridgehead atoms. The molecule has 0 atom stereocenters. The molecule has 0 unspecified atom stereocenters. The normalized spacial score (nSPS) is 11.5. The number of imidazole rings is 1. The van der Waals surface area contributed by atoms with Crippen molar-refractivity contribution in [2.75, 3.05) is 0 Å². The van der Waals surface area contributed by atoms with Crippen molar-refractivity contribution in [1.29, 1.82) is 0 Å². The van der Waals surface area contributed by atoms with E-state index in [9.17, 15) is 13.6 Å². The maximum absolute atomic E-state index is 12.4. The summed E-state index contributed by atoms with van der Waals surface area (Å²) in [6.07, 6.45) is 1.33. The van der Waals surface area contributed by atoms with Crippen LogP contribution in [0, 0.1) is 0 Å². The molecule has 60 valence electrons.